The van der Waals surface area contributed by atoms with Gasteiger partial charge in [0.1, 0.15) is 5.78 Å². The van der Waals surface area contributed by atoms with Crippen LogP contribution in [0, 0.1) is 5.92 Å². The third kappa shape index (κ3) is 4.16. The number of aliphatic carboxylic acids is 1. The number of Topliss-reactive ketones (excluding diaryl/α,β-unsaturated/α-hetero) is 1. The fourth-order valence-corrected chi connectivity index (χ4v) is 3.15. The lowest BCUT2D eigenvalue weighted by Gasteiger charge is -2.28. The molecule has 0 radical (unpaired) electrons. The van der Waals surface area contributed by atoms with Gasteiger partial charge in [0.15, 0.2) is 0 Å². The van der Waals surface area contributed by atoms with Crippen molar-refractivity contribution >= 4 is 11.8 Å². The number of carboxylic acids is 1. The maximum absolute atomic E-state index is 11.9. The molecule has 2 rings (SSSR count). The van der Waals surface area contributed by atoms with Crippen LogP contribution in [0.5, 0.6) is 0 Å². The summed E-state index contributed by atoms with van der Waals surface area (Å²) in [5.74, 6) is 0.264. The highest BCUT2D eigenvalue weighted by Crippen LogP contribution is 2.36. The predicted octanol–water partition coefficient (Wildman–Crippen LogP) is 4.13. The van der Waals surface area contributed by atoms with E-state index in [1.807, 2.05) is 0 Å². The van der Waals surface area contributed by atoms with Crippen molar-refractivity contribution in [1.82, 2.24) is 0 Å². The fraction of sp³-hybridized carbons (Fsp3) is 0.556. The average Bonchev–Trinajstić information content (AvgIpc) is 2.46. The molecule has 1 N–H and O–H groups in total. The number of rotatable bonds is 5. The predicted molar refractivity (Wildman–Crippen MR) is 82.5 cm³/mol. The van der Waals surface area contributed by atoms with Crippen LogP contribution in [-0.4, -0.2) is 16.9 Å². The lowest BCUT2D eigenvalue weighted by molar-refractivity contribution is -0.137. The van der Waals surface area contributed by atoms with E-state index in [2.05, 4.69) is 38.1 Å². The standard InChI is InChI=1S/C18H24O3/c1-12(2)13-3-5-14(6-4-13)15-7-9-17(19)16(11-15)8-10-18(20)21/h3-6,12,15-16H,7-11H2,1-2H3,(H,20,21). The Hall–Kier alpha value is -1.64. The van der Waals surface area contributed by atoms with Gasteiger partial charge in [-0.2, -0.15) is 0 Å². The maximum atomic E-state index is 11.9. The van der Waals surface area contributed by atoms with Crippen LogP contribution in [-0.2, 0) is 9.59 Å². The third-order valence-electron chi connectivity index (χ3n) is 4.54. The van der Waals surface area contributed by atoms with Crippen LogP contribution in [0.4, 0.5) is 0 Å². The molecule has 114 valence electrons. The SMILES string of the molecule is CC(C)c1ccc(C2CCC(=O)C(CCC(=O)O)C2)cc1. The molecule has 1 fully saturated rings. The molecule has 3 heteroatoms. The number of carboxylic acid groups (broad SMARTS) is 1. The Morgan fingerprint density at radius 3 is 2.52 bits per heavy atom. The van der Waals surface area contributed by atoms with Crippen LogP contribution in [0.1, 0.15) is 68.9 Å². The molecule has 21 heavy (non-hydrogen) atoms. The third-order valence-corrected chi connectivity index (χ3v) is 4.54. The van der Waals surface area contributed by atoms with Gasteiger partial charge in [0, 0.05) is 18.8 Å². The van der Waals surface area contributed by atoms with Gasteiger partial charge in [0.2, 0.25) is 0 Å². The second kappa shape index (κ2) is 6.88. The topological polar surface area (TPSA) is 54.4 Å². The minimum absolute atomic E-state index is 0.0791. The quantitative estimate of drug-likeness (QED) is 0.886. The van der Waals surface area contributed by atoms with Gasteiger partial charge in [-0.3, -0.25) is 9.59 Å². The fourth-order valence-electron chi connectivity index (χ4n) is 3.15. The molecule has 0 saturated heterocycles. The van der Waals surface area contributed by atoms with E-state index in [9.17, 15) is 9.59 Å². The molecular formula is C18H24O3. The summed E-state index contributed by atoms with van der Waals surface area (Å²) in [7, 11) is 0. The second-order valence-corrected chi connectivity index (χ2v) is 6.39. The van der Waals surface area contributed by atoms with Crippen molar-refractivity contribution in [1.29, 1.82) is 0 Å². The van der Waals surface area contributed by atoms with E-state index < -0.39 is 5.97 Å². The first-order valence-corrected chi connectivity index (χ1v) is 7.81. The minimum atomic E-state index is -0.814. The molecule has 3 nitrogen and oxygen atoms in total. The van der Waals surface area contributed by atoms with Crippen LogP contribution in [0.15, 0.2) is 24.3 Å². The van der Waals surface area contributed by atoms with Crippen molar-refractivity contribution in [3.8, 4) is 0 Å². The second-order valence-electron chi connectivity index (χ2n) is 6.39. The average molecular weight is 288 g/mol. The van der Waals surface area contributed by atoms with E-state index in [1.54, 1.807) is 0 Å². The molecule has 1 aromatic rings. The highest BCUT2D eigenvalue weighted by molar-refractivity contribution is 5.82. The molecule has 2 unspecified atom stereocenters. The van der Waals surface area contributed by atoms with Crippen molar-refractivity contribution in [2.24, 2.45) is 5.92 Å². The van der Waals surface area contributed by atoms with E-state index in [0.29, 0.717) is 24.7 Å². The number of ketones is 1. The Bertz CT molecular complexity index is 502. The van der Waals surface area contributed by atoms with Crippen LogP contribution >= 0.6 is 0 Å². The highest BCUT2D eigenvalue weighted by atomic mass is 16.4. The van der Waals surface area contributed by atoms with E-state index in [1.165, 1.54) is 11.1 Å². The molecule has 1 aliphatic carbocycles. The van der Waals surface area contributed by atoms with Crippen LogP contribution in [0.3, 0.4) is 0 Å². The van der Waals surface area contributed by atoms with Gasteiger partial charge in [0.05, 0.1) is 0 Å². The summed E-state index contributed by atoms with van der Waals surface area (Å²) in [6.45, 7) is 4.35. The number of carbonyl (C=O) groups excluding carboxylic acids is 1. The monoisotopic (exact) mass is 288 g/mol. The molecule has 1 saturated carbocycles. The zero-order chi connectivity index (χ0) is 15.4. The lowest BCUT2D eigenvalue weighted by Crippen LogP contribution is -2.24. The van der Waals surface area contributed by atoms with Gasteiger partial charge in [-0.1, -0.05) is 38.1 Å². The minimum Gasteiger partial charge on any atom is -0.481 e. The zero-order valence-corrected chi connectivity index (χ0v) is 12.8. The Kier molecular flexibility index (Phi) is 5.16. The van der Waals surface area contributed by atoms with Crippen molar-refractivity contribution < 1.29 is 14.7 Å². The van der Waals surface area contributed by atoms with Gasteiger partial charge >= 0.3 is 5.97 Å². The van der Waals surface area contributed by atoms with Crippen molar-refractivity contribution in [3.05, 3.63) is 35.4 Å². The van der Waals surface area contributed by atoms with Crippen molar-refractivity contribution in [3.63, 3.8) is 0 Å². The van der Waals surface area contributed by atoms with Crippen LogP contribution in [0.25, 0.3) is 0 Å². The number of carbonyl (C=O) groups is 2. The smallest absolute Gasteiger partial charge is 0.303 e. The molecule has 0 bridgehead atoms. The first kappa shape index (κ1) is 15.7. The number of benzene rings is 1. The van der Waals surface area contributed by atoms with E-state index in [0.717, 1.165) is 12.8 Å². The summed E-state index contributed by atoms with van der Waals surface area (Å²) in [4.78, 5) is 22.6. The normalized spacial score (nSPS) is 22.5. The zero-order valence-electron chi connectivity index (χ0n) is 12.8. The summed E-state index contributed by atoms with van der Waals surface area (Å²) in [6.07, 6.45) is 2.85. The molecule has 0 amide bonds. The molecule has 0 aliphatic heterocycles. The van der Waals surface area contributed by atoms with Gasteiger partial charge < -0.3 is 5.11 Å². The Morgan fingerprint density at radius 2 is 1.95 bits per heavy atom. The molecular weight excluding hydrogens is 264 g/mol. The van der Waals surface area contributed by atoms with Crippen LogP contribution in [0.2, 0.25) is 0 Å². The maximum Gasteiger partial charge on any atom is 0.303 e. The van der Waals surface area contributed by atoms with Gasteiger partial charge in [-0.25, -0.2) is 0 Å². The van der Waals surface area contributed by atoms with E-state index in [-0.39, 0.29) is 18.1 Å². The van der Waals surface area contributed by atoms with Crippen LogP contribution < -0.4 is 0 Å². The van der Waals surface area contributed by atoms with E-state index in [4.69, 9.17) is 5.11 Å². The highest BCUT2D eigenvalue weighted by Gasteiger charge is 2.29. The van der Waals surface area contributed by atoms with Gasteiger partial charge in [-0.05, 0) is 42.2 Å². The molecule has 2 atom stereocenters. The van der Waals surface area contributed by atoms with E-state index >= 15 is 0 Å². The molecule has 0 aromatic heterocycles. The van der Waals surface area contributed by atoms with Gasteiger partial charge in [-0.15, -0.1) is 0 Å². The summed E-state index contributed by atoms with van der Waals surface area (Å²) >= 11 is 0. The molecule has 1 aliphatic rings. The number of hydrogen-bond donors (Lipinski definition) is 1. The molecule has 1 aromatic carbocycles. The molecule has 0 heterocycles. The lowest BCUT2D eigenvalue weighted by atomic mass is 9.75. The summed E-state index contributed by atoms with van der Waals surface area (Å²) in [5, 5.41) is 8.78. The van der Waals surface area contributed by atoms with Crippen molar-refractivity contribution in [2.75, 3.05) is 0 Å². The Labute approximate surface area is 126 Å². The Balaban J connectivity index is 2.03. The van der Waals surface area contributed by atoms with Crippen molar-refractivity contribution in [2.45, 2.75) is 57.8 Å². The summed E-state index contributed by atoms with van der Waals surface area (Å²) in [6, 6.07) is 8.68. The first-order valence-electron chi connectivity index (χ1n) is 7.81. The summed E-state index contributed by atoms with van der Waals surface area (Å²) in [5.41, 5.74) is 2.61. The van der Waals surface area contributed by atoms with Gasteiger partial charge in [0.25, 0.3) is 0 Å². The molecule has 0 spiro atoms. The first-order chi connectivity index (χ1) is 9.97. The number of hydrogen-bond acceptors (Lipinski definition) is 2. The summed E-state index contributed by atoms with van der Waals surface area (Å²) < 4.78 is 0. The largest absolute Gasteiger partial charge is 0.481 e. The Morgan fingerprint density at radius 1 is 1.29 bits per heavy atom.